The standard InChI is InChI=1S/C29H30ClN3O2/c30-26-12-5-13-27(20-26)31-15-17-32(18-16-31)29(35)24-10-4-9-23(19-24)25-11-6-14-33(21-25)28(34)22-7-2-1-3-8-22/h1-5,7-10,12-13,19-20,25H,6,11,14-18,21H2. The monoisotopic (exact) mass is 487 g/mol. The number of carbonyl (C=O) groups is 2. The largest absolute Gasteiger partial charge is 0.368 e. The SMILES string of the molecule is O=C(c1cccc(C2CCCN(C(=O)c3ccccc3)C2)c1)N1CCN(c2cccc(Cl)c2)CC1. The maximum Gasteiger partial charge on any atom is 0.253 e. The van der Waals surface area contributed by atoms with Crippen molar-refractivity contribution in [2.24, 2.45) is 0 Å². The number of halogens is 1. The lowest BCUT2D eigenvalue weighted by Crippen LogP contribution is -2.48. The third-order valence-electron chi connectivity index (χ3n) is 7.07. The quantitative estimate of drug-likeness (QED) is 0.500. The lowest BCUT2D eigenvalue weighted by atomic mass is 9.89. The number of amides is 2. The summed E-state index contributed by atoms with van der Waals surface area (Å²) in [6, 6.07) is 25.3. The number of piperazine rings is 1. The Kier molecular flexibility index (Phi) is 7.05. The molecule has 2 saturated heterocycles. The van der Waals surface area contributed by atoms with Crippen LogP contribution in [0.4, 0.5) is 5.69 Å². The fourth-order valence-electron chi connectivity index (χ4n) is 5.15. The molecule has 1 unspecified atom stereocenters. The van der Waals surface area contributed by atoms with Gasteiger partial charge in [-0.05, 0) is 60.9 Å². The van der Waals surface area contributed by atoms with Crippen LogP contribution in [0.25, 0.3) is 0 Å². The molecule has 5 nitrogen and oxygen atoms in total. The van der Waals surface area contributed by atoms with E-state index in [4.69, 9.17) is 11.6 Å². The lowest BCUT2D eigenvalue weighted by Gasteiger charge is -2.36. The van der Waals surface area contributed by atoms with E-state index in [1.807, 2.05) is 76.5 Å². The van der Waals surface area contributed by atoms with Crippen LogP contribution >= 0.6 is 11.6 Å². The first-order valence-electron chi connectivity index (χ1n) is 12.3. The Hall–Kier alpha value is -3.31. The summed E-state index contributed by atoms with van der Waals surface area (Å²) in [7, 11) is 0. The molecule has 5 rings (SSSR count). The number of nitrogens with zero attached hydrogens (tertiary/aromatic N) is 3. The van der Waals surface area contributed by atoms with Crippen LogP contribution in [-0.2, 0) is 0 Å². The number of hydrogen-bond acceptors (Lipinski definition) is 3. The topological polar surface area (TPSA) is 43.9 Å². The summed E-state index contributed by atoms with van der Waals surface area (Å²) in [4.78, 5) is 32.4. The normalized spacial score (nSPS) is 18.4. The van der Waals surface area contributed by atoms with Crippen molar-refractivity contribution < 1.29 is 9.59 Å². The molecule has 1 atom stereocenters. The molecule has 3 aromatic carbocycles. The molecule has 0 aliphatic carbocycles. The fourth-order valence-corrected chi connectivity index (χ4v) is 5.33. The van der Waals surface area contributed by atoms with Gasteiger partial charge in [0.1, 0.15) is 0 Å². The Morgan fingerprint density at radius 3 is 2.20 bits per heavy atom. The number of piperidine rings is 1. The molecule has 0 aromatic heterocycles. The summed E-state index contributed by atoms with van der Waals surface area (Å²) >= 11 is 6.15. The minimum absolute atomic E-state index is 0.0746. The lowest BCUT2D eigenvalue weighted by molar-refractivity contribution is 0.0704. The number of hydrogen-bond donors (Lipinski definition) is 0. The van der Waals surface area contributed by atoms with Gasteiger partial charge in [-0.15, -0.1) is 0 Å². The molecule has 180 valence electrons. The van der Waals surface area contributed by atoms with E-state index >= 15 is 0 Å². The average Bonchev–Trinajstić information content (AvgIpc) is 2.93. The van der Waals surface area contributed by atoms with E-state index in [-0.39, 0.29) is 17.7 Å². The predicted octanol–water partition coefficient (Wildman–Crippen LogP) is 5.32. The Morgan fingerprint density at radius 1 is 0.714 bits per heavy atom. The van der Waals surface area contributed by atoms with Crippen molar-refractivity contribution in [3.63, 3.8) is 0 Å². The summed E-state index contributed by atoms with van der Waals surface area (Å²) < 4.78 is 0. The number of carbonyl (C=O) groups excluding carboxylic acids is 2. The van der Waals surface area contributed by atoms with Crippen molar-refractivity contribution in [3.8, 4) is 0 Å². The molecule has 0 bridgehead atoms. The highest BCUT2D eigenvalue weighted by molar-refractivity contribution is 6.30. The van der Waals surface area contributed by atoms with Gasteiger partial charge in [0, 0.05) is 67.0 Å². The fraction of sp³-hybridized carbons (Fsp3) is 0.310. The highest BCUT2D eigenvalue weighted by Crippen LogP contribution is 2.29. The maximum atomic E-state index is 13.3. The van der Waals surface area contributed by atoms with Crippen LogP contribution in [0.15, 0.2) is 78.9 Å². The number of anilines is 1. The molecule has 2 aliphatic rings. The van der Waals surface area contributed by atoms with Gasteiger partial charge in [-0.25, -0.2) is 0 Å². The van der Waals surface area contributed by atoms with E-state index in [1.165, 1.54) is 0 Å². The van der Waals surface area contributed by atoms with Gasteiger partial charge in [0.05, 0.1) is 0 Å². The summed E-state index contributed by atoms with van der Waals surface area (Å²) in [5.41, 5.74) is 3.69. The Labute approximate surface area is 211 Å². The summed E-state index contributed by atoms with van der Waals surface area (Å²) in [5, 5.41) is 0.726. The molecular formula is C29H30ClN3O2. The van der Waals surface area contributed by atoms with Gasteiger partial charge in [-0.2, -0.15) is 0 Å². The van der Waals surface area contributed by atoms with Crippen molar-refractivity contribution >= 4 is 29.1 Å². The van der Waals surface area contributed by atoms with Gasteiger partial charge >= 0.3 is 0 Å². The highest BCUT2D eigenvalue weighted by Gasteiger charge is 2.27. The van der Waals surface area contributed by atoms with Crippen molar-refractivity contribution in [1.82, 2.24) is 9.80 Å². The smallest absolute Gasteiger partial charge is 0.253 e. The molecule has 3 aromatic rings. The van der Waals surface area contributed by atoms with E-state index < -0.39 is 0 Å². The summed E-state index contributed by atoms with van der Waals surface area (Å²) in [6.45, 7) is 4.38. The molecule has 0 N–H and O–H groups in total. The Balaban J connectivity index is 1.23. The summed E-state index contributed by atoms with van der Waals surface area (Å²) in [5.74, 6) is 0.398. The van der Waals surface area contributed by atoms with Gasteiger partial charge in [0.15, 0.2) is 0 Å². The average molecular weight is 488 g/mol. The first-order chi connectivity index (χ1) is 17.1. The van der Waals surface area contributed by atoms with Crippen molar-refractivity contribution in [3.05, 3.63) is 101 Å². The molecule has 2 fully saturated rings. The van der Waals surface area contributed by atoms with E-state index in [0.717, 1.165) is 59.9 Å². The second-order valence-corrected chi connectivity index (χ2v) is 9.78. The number of rotatable bonds is 4. The molecule has 2 amide bonds. The van der Waals surface area contributed by atoms with Crippen molar-refractivity contribution in [2.45, 2.75) is 18.8 Å². The Morgan fingerprint density at radius 2 is 1.43 bits per heavy atom. The molecule has 0 spiro atoms. The molecule has 0 saturated carbocycles. The van der Waals surface area contributed by atoms with E-state index in [2.05, 4.69) is 17.0 Å². The van der Waals surface area contributed by atoms with Crippen molar-refractivity contribution in [1.29, 1.82) is 0 Å². The zero-order valence-corrected chi connectivity index (χ0v) is 20.5. The minimum Gasteiger partial charge on any atom is -0.368 e. The van der Waals surface area contributed by atoms with E-state index in [9.17, 15) is 9.59 Å². The van der Waals surface area contributed by atoms with Crippen LogP contribution in [0.1, 0.15) is 45.0 Å². The minimum atomic E-state index is 0.0746. The highest BCUT2D eigenvalue weighted by atomic mass is 35.5. The second kappa shape index (κ2) is 10.5. The van der Waals surface area contributed by atoms with Crippen LogP contribution in [0, 0.1) is 0 Å². The first kappa shape index (κ1) is 23.4. The molecule has 35 heavy (non-hydrogen) atoms. The molecular weight excluding hydrogens is 458 g/mol. The van der Waals surface area contributed by atoms with E-state index in [1.54, 1.807) is 0 Å². The summed E-state index contributed by atoms with van der Waals surface area (Å²) in [6.07, 6.45) is 1.99. The third-order valence-corrected chi connectivity index (χ3v) is 7.31. The Bertz CT molecular complexity index is 1190. The van der Waals surface area contributed by atoms with Gasteiger partial charge in [0.2, 0.25) is 0 Å². The predicted molar refractivity (Wildman–Crippen MR) is 140 cm³/mol. The van der Waals surface area contributed by atoms with Gasteiger partial charge in [0.25, 0.3) is 11.8 Å². The molecule has 6 heteroatoms. The number of benzene rings is 3. The number of likely N-dealkylation sites (tertiary alicyclic amines) is 1. The maximum absolute atomic E-state index is 13.3. The van der Waals surface area contributed by atoms with Crippen LogP contribution in [0.2, 0.25) is 5.02 Å². The molecule has 2 aliphatic heterocycles. The molecule has 0 radical (unpaired) electrons. The van der Waals surface area contributed by atoms with Crippen LogP contribution in [-0.4, -0.2) is 60.9 Å². The van der Waals surface area contributed by atoms with Gasteiger partial charge in [-0.1, -0.05) is 48.0 Å². The first-order valence-corrected chi connectivity index (χ1v) is 12.7. The second-order valence-electron chi connectivity index (χ2n) is 9.34. The van der Waals surface area contributed by atoms with Gasteiger partial charge in [-0.3, -0.25) is 9.59 Å². The van der Waals surface area contributed by atoms with Crippen LogP contribution in [0.3, 0.4) is 0 Å². The third kappa shape index (κ3) is 5.35. The van der Waals surface area contributed by atoms with Crippen molar-refractivity contribution in [2.75, 3.05) is 44.2 Å². The van der Waals surface area contributed by atoms with Crippen LogP contribution in [0.5, 0.6) is 0 Å². The van der Waals surface area contributed by atoms with Gasteiger partial charge < -0.3 is 14.7 Å². The van der Waals surface area contributed by atoms with Crippen LogP contribution < -0.4 is 4.90 Å². The zero-order chi connectivity index (χ0) is 24.2. The van der Waals surface area contributed by atoms with E-state index in [0.29, 0.717) is 19.6 Å². The zero-order valence-electron chi connectivity index (χ0n) is 19.8. The molecule has 2 heterocycles.